The molecule has 4 rings (SSSR count). The van der Waals surface area contributed by atoms with Gasteiger partial charge >= 0.3 is 7.11 Å². The van der Waals surface area contributed by atoms with Crippen LogP contribution < -0.4 is 0 Å². The highest BCUT2D eigenvalue weighted by Gasteiger charge is 2.56. The number of thioether (sulfide) groups is 1. The predicted molar refractivity (Wildman–Crippen MR) is 81.0 cm³/mol. The highest BCUT2D eigenvalue weighted by atomic mass is 32.2. The van der Waals surface area contributed by atoms with Crippen LogP contribution in [0.25, 0.3) is 10.8 Å². The summed E-state index contributed by atoms with van der Waals surface area (Å²) >= 11 is 1.67. The van der Waals surface area contributed by atoms with E-state index in [0.717, 1.165) is 21.2 Å². The van der Waals surface area contributed by atoms with E-state index in [-0.39, 0.29) is 5.92 Å². The minimum Gasteiger partial charge on any atom is -0.453 e. The van der Waals surface area contributed by atoms with Gasteiger partial charge in [0.05, 0.1) is 11.5 Å². The van der Waals surface area contributed by atoms with Gasteiger partial charge in [-0.1, -0.05) is 30.3 Å². The number of rotatable bonds is 0. The van der Waals surface area contributed by atoms with Gasteiger partial charge in [-0.15, -0.1) is 11.8 Å². The Labute approximate surface area is 125 Å². The van der Waals surface area contributed by atoms with Crippen LogP contribution in [0, 0.1) is 5.92 Å². The normalized spacial score (nSPS) is 26.9. The Balaban J connectivity index is 2.02. The molecule has 0 saturated heterocycles. The second-order valence-corrected chi connectivity index (χ2v) is 6.50. The predicted octanol–water partition coefficient (Wildman–Crippen LogP) is 4.07. The molecule has 0 aromatic heterocycles. The fraction of sp³-hybridized carbons (Fsp3) is 0.267. The molecule has 2 aliphatic heterocycles. The van der Waals surface area contributed by atoms with Crippen molar-refractivity contribution in [2.75, 3.05) is 5.75 Å². The molecule has 21 heavy (non-hydrogen) atoms. The number of hydrogen-bond donors (Lipinski definition) is 0. The van der Waals surface area contributed by atoms with E-state index in [9.17, 15) is 8.63 Å². The van der Waals surface area contributed by atoms with E-state index in [0.29, 0.717) is 11.5 Å². The first-order valence-corrected chi connectivity index (χ1v) is 7.92. The molecular weight excluding hydrogens is 293 g/mol. The van der Waals surface area contributed by atoms with Gasteiger partial charge in [0, 0.05) is 16.8 Å². The molecule has 0 fully saturated rings. The van der Waals surface area contributed by atoms with Gasteiger partial charge in [0.25, 0.3) is 5.78 Å². The lowest BCUT2D eigenvalue weighted by molar-refractivity contribution is -0.221. The summed E-state index contributed by atoms with van der Waals surface area (Å²) in [6.45, 7) is 1.69. The van der Waals surface area contributed by atoms with Crippen LogP contribution in [0.1, 0.15) is 16.8 Å². The summed E-state index contributed by atoms with van der Waals surface area (Å²) in [6.07, 6.45) is -0.539. The van der Waals surface area contributed by atoms with Gasteiger partial charge < -0.3 is 17.6 Å². The quantitative estimate of drug-likeness (QED) is 0.540. The first kappa shape index (κ1) is 13.3. The number of ketones is 1. The molecule has 2 aromatic carbocycles. The van der Waals surface area contributed by atoms with Gasteiger partial charge in [-0.25, -0.2) is 0 Å². The summed E-state index contributed by atoms with van der Waals surface area (Å²) in [5, 5.41) is 1.99. The Morgan fingerprint density at radius 1 is 1.24 bits per heavy atom. The van der Waals surface area contributed by atoms with Crippen LogP contribution >= 0.6 is 11.8 Å². The van der Waals surface area contributed by atoms with E-state index in [1.807, 2.05) is 36.4 Å². The Bertz CT molecular complexity index is 762. The molecule has 0 amide bonds. The molecule has 2 aromatic rings. The molecule has 2 unspecified atom stereocenters. The Morgan fingerprint density at radius 2 is 2.05 bits per heavy atom. The maximum atomic E-state index is 13.7. The first-order chi connectivity index (χ1) is 10.1. The van der Waals surface area contributed by atoms with Crippen molar-refractivity contribution in [3.63, 3.8) is 0 Å². The lowest BCUT2D eigenvalue weighted by atomic mass is 9.88. The maximum Gasteiger partial charge on any atom is 0.932 e. The molecule has 6 heteroatoms. The summed E-state index contributed by atoms with van der Waals surface area (Å²) in [4.78, 5) is 1.00. The van der Waals surface area contributed by atoms with E-state index in [1.165, 1.54) is 0 Å². The van der Waals surface area contributed by atoms with Crippen LogP contribution in [-0.2, 0) is 4.65 Å². The average molecular weight is 306 g/mol. The van der Waals surface area contributed by atoms with E-state index >= 15 is 0 Å². The third-order valence-electron chi connectivity index (χ3n) is 4.10. The summed E-state index contributed by atoms with van der Waals surface area (Å²) in [5.41, 5.74) is 0.811. The largest absolute Gasteiger partial charge is 0.932 e. The molecule has 0 N–H and O–H groups in total. The van der Waals surface area contributed by atoms with Crippen molar-refractivity contribution in [3.8, 4) is 0 Å². The number of benzene rings is 2. The lowest BCUT2D eigenvalue weighted by Gasteiger charge is -2.33. The van der Waals surface area contributed by atoms with Crippen molar-refractivity contribution in [1.82, 2.24) is 0 Å². The zero-order valence-corrected chi connectivity index (χ0v) is 12.2. The van der Waals surface area contributed by atoms with Crippen LogP contribution in [0.15, 0.2) is 41.3 Å². The minimum absolute atomic E-state index is 0.130. The van der Waals surface area contributed by atoms with Gasteiger partial charge in [0.15, 0.2) is 0 Å². The fourth-order valence-corrected chi connectivity index (χ4v) is 4.38. The topological polar surface area (TPSA) is 20.5 Å². The van der Waals surface area contributed by atoms with Gasteiger partial charge in [0.2, 0.25) is 0 Å². The van der Waals surface area contributed by atoms with Crippen LogP contribution in [0.2, 0.25) is 0 Å². The van der Waals surface area contributed by atoms with Crippen LogP contribution in [0.4, 0.5) is 8.63 Å². The summed E-state index contributed by atoms with van der Waals surface area (Å²) < 4.78 is 37.2. The molecule has 2 aliphatic rings. The Morgan fingerprint density at radius 3 is 2.90 bits per heavy atom. The molecule has 0 spiro atoms. The summed E-state index contributed by atoms with van der Waals surface area (Å²) in [6, 6.07) is 11.8. The van der Waals surface area contributed by atoms with Crippen molar-refractivity contribution < 1.29 is 17.6 Å². The van der Waals surface area contributed by atoms with Gasteiger partial charge in [-0.05, 0) is 23.8 Å². The molecule has 2 atom stereocenters. The van der Waals surface area contributed by atoms with E-state index in [1.54, 1.807) is 18.7 Å². The molecule has 2 heterocycles. The molecule has 0 bridgehead atoms. The van der Waals surface area contributed by atoms with Crippen LogP contribution in [0.5, 0.6) is 0 Å². The SMILES string of the molecule is CC1O[B-](F)(F)[O+]=C2c3c(ccc4ccccc34)SCC21. The molecule has 2 nitrogen and oxygen atoms in total. The second-order valence-electron chi connectivity index (χ2n) is 5.44. The van der Waals surface area contributed by atoms with E-state index in [4.69, 9.17) is 9.00 Å². The van der Waals surface area contributed by atoms with Crippen molar-refractivity contribution in [3.05, 3.63) is 42.0 Å². The number of fused-ring (bicyclic) bond motifs is 5. The Hall–Kier alpha value is -1.40. The number of carbonyl (C=O) groups excluding carboxylic acids is 1. The second kappa shape index (κ2) is 4.55. The summed E-state index contributed by atoms with van der Waals surface area (Å²) in [7, 11) is -4.23. The van der Waals surface area contributed by atoms with Gasteiger partial charge in [0.1, 0.15) is 0 Å². The fourth-order valence-electron chi connectivity index (χ4n) is 3.08. The standard InChI is InChI=1S/C15H13BF2O2S/c1-9-12-8-21-13-7-6-10-4-2-3-5-11(10)14(13)15(12)20-16(17,18)19-9/h2-7,9,12H,8H2,1H3. The number of hydrogen-bond acceptors (Lipinski definition) is 2. The van der Waals surface area contributed by atoms with Gasteiger partial charge in [-0.2, -0.15) is 0 Å². The average Bonchev–Trinajstić information content (AvgIpc) is 2.45. The van der Waals surface area contributed by atoms with Crippen molar-refractivity contribution in [2.24, 2.45) is 5.92 Å². The smallest absolute Gasteiger partial charge is 0.453 e. The summed E-state index contributed by atoms with van der Waals surface area (Å²) in [5.74, 6) is 0.965. The maximum absolute atomic E-state index is 13.7. The monoisotopic (exact) mass is 306 g/mol. The lowest BCUT2D eigenvalue weighted by Crippen LogP contribution is -2.47. The molecule has 108 valence electrons. The molecule has 0 aliphatic carbocycles. The van der Waals surface area contributed by atoms with Crippen LogP contribution in [-0.4, -0.2) is 24.7 Å². The highest BCUT2D eigenvalue weighted by molar-refractivity contribution is 7.99. The van der Waals surface area contributed by atoms with E-state index < -0.39 is 13.2 Å². The zero-order chi connectivity index (χ0) is 14.6. The van der Waals surface area contributed by atoms with Gasteiger partial charge in [-0.3, -0.25) is 0 Å². The third kappa shape index (κ3) is 2.08. The first-order valence-electron chi connectivity index (χ1n) is 6.94. The van der Waals surface area contributed by atoms with Crippen LogP contribution in [0.3, 0.4) is 0 Å². The Kier molecular flexibility index (Phi) is 2.88. The highest BCUT2D eigenvalue weighted by Crippen LogP contribution is 2.42. The number of halogens is 2. The van der Waals surface area contributed by atoms with E-state index in [2.05, 4.69) is 0 Å². The van der Waals surface area contributed by atoms with Crippen molar-refractivity contribution in [1.29, 1.82) is 0 Å². The minimum atomic E-state index is -4.23. The molecule has 0 radical (unpaired) electrons. The van der Waals surface area contributed by atoms with Crippen molar-refractivity contribution >= 4 is 35.4 Å². The third-order valence-corrected chi connectivity index (χ3v) is 5.27. The zero-order valence-electron chi connectivity index (χ0n) is 11.4. The molecule has 0 saturated carbocycles. The molecular formula is C15H13BF2O2S. The van der Waals surface area contributed by atoms with Crippen molar-refractivity contribution in [2.45, 2.75) is 17.9 Å².